The Morgan fingerprint density at radius 2 is 2.04 bits per heavy atom. The van der Waals surface area contributed by atoms with Crippen molar-refractivity contribution in [1.82, 2.24) is 4.90 Å². The molecule has 4 rings (SSSR count). The molecule has 0 radical (unpaired) electrons. The van der Waals surface area contributed by atoms with Gasteiger partial charge >= 0.3 is 0 Å². The minimum Gasteiger partial charge on any atom is -0.334 e. The Morgan fingerprint density at radius 1 is 1.17 bits per heavy atom. The van der Waals surface area contributed by atoms with Crippen molar-refractivity contribution >= 4 is 40.4 Å². The van der Waals surface area contributed by atoms with E-state index in [9.17, 15) is 9.59 Å². The fourth-order valence-electron chi connectivity index (χ4n) is 3.40. The summed E-state index contributed by atoms with van der Waals surface area (Å²) < 4.78 is 0. The van der Waals surface area contributed by atoms with Crippen molar-refractivity contribution in [2.24, 2.45) is 0 Å². The Bertz CT molecular complexity index is 817. The van der Waals surface area contributed by atoms with E-state index >= 15 is 0 Å². The molecule has 0 saturated carbocycles. The van der Waals surface area contributed by atoms with E-state index in [1.54, 1.807) is 34.4 Å². The van der Waals surface area contributed by atoms with Crippen molar-refractivity contribution in [3.63, 3.8) is 0 Å². The number of nitrogens with zero attached hydrogens (tertiary/aromatic N) is 2. The van der Waals surface area contributed by atoms with E-state index in [1.165, 1.54) is 10.4 Å². The molecule has 1 saturated heterocycles. The number of amides is 2. The molecule has 1 fully saturated rings. The number of hydrogen-bond donors (Lipinski definition) is 0. The fourth-order valence-corrected chi connectivity index (χ4v) is 4.46. The number of rotatable bonds is 2. The minimum atomic E-state index is -0.0294. The number of halogens is 1. The third kappa shape index (κ3) is 2.72. The molecule has 2 aromatic rings. The summed E-state index contributed by atoms with van der Waals surface area (Å²) in [5.74, 6) is 0.0308. The average molecular weight is 361 g/mol. The SMILES string of the molecule is O=C(c1ccc(Cl)cc1N1CCCC1=O)N1CCc2sccc2C1. The summed E-state index contributed by atoms with van der Waals surface area (Å²) in [5.41, 5.74) is 2.44. The van der Waals surface area contributed by atoms with Gasteiger partial charge in [-0.15, -0.1) is 11.3 Å². The molecule has 0 atom stereocenters. The van der Waals surface area contributed by atoms with E-state index < -0.39 is 0 Å². The van der Waals surface area contributed by atoms with Gasteiger partial charge in [0, 0.05) is 36.0 Å². The molecule has 24 heavy (non-hydrogen) atoms. The number of thiophene rings is 1. The number of anilines is 1. The lowest BCUT2D eigenvalue weighted by Gasteiger charge is -2.29. The van der Waals surface area contributed by atoms with Crippen LogP contribution in [0, 0.1) is 0 Å². The van der Waals surface area contributed by atoms with Crippen LogP contribution < -0.4 is 4.90 Å². The Labute approximate surface area is 149 Å². The van der Waals surface area contributed by atoms with E-state index in [4.69, 9.17) is 11.6 Å². The molecule has 2 amide bonds. The first-order valence-corrected chi connectivity index (χ1v) is 9.33. The van der Waals surface area contributed by atoms with Crippen molar-refractivity contribution in [1.29, 1.82) is 0 Å². The molecular weight excluding hydrogens is 344 g/mol. The maximum absolute atomic E-state index is 13.1. The standard InChI is InChI=1S/C18H17ClN2O2S/c19-13-3-4-14(15(10-13)21-7-1-2-17(21)22)18(23)20-8-5-16-12(11-20)6-9-24-16/h3-4,6,9-10H,1-2,5,7-8,11H2. The Balaban J connectivity index is 1.66. The van der Waals surface area contributed by atoms with Crippen molar-refractivity contribution in [2.75, 3.05) is 18.0 Å². The van der Waals surface area contributed by atoms with E-state index in [0.29, 0.717) is 42.3 Å². The molecule has 124 valence electrons. The molecule has 2 aliphatic rings. The molecule has 0 bridgehead atoms. The molecule has 0 aliphatic carbocycles. The third-order valence-electron chi connectivity index (χ3n) is 4.65. The highest BCUT2D eigenvalue weighted by Crippen LogP contribution is 2.31. The van der Waals surface area contributed by atoms with Crippen LogP contribution in [0.2, 0.25) is 5.02 Å². The minimum absolute atomic E-state index is 0.0294. The number of hydrogen-bond acceptors (Lipinski definition) is 3. The van der Waals surface area contributed by atoms with Gasteiger partial charge in [0.25, 0.3) is 5.91 Å². The predicted octanol–water partition coefficient (Wildman–Crippen LogP) is 3.73. The van der Waals surface area contributed by atoms with Gasteiger partial charge in [-0.3, -0.25) is 9.59 Å². The first-order chi connectivity index (χ1) is 11.6. The molecular formula is C18H17ClN2O2S. The highest BCUT2D eigenvalue weighted by molar-refractivity contribution is 7.10. The number of fused-ring (bicyclic) bond motifs is 1. The van der Waals surface area contributed by atoms with Gasteiger partial charge in [-0.1, -0.05) is 11.6 Å². The first kappa shape index (κ1) is 15.7. The van der Waals surface area contributed by atoms with Gasteiger partial charge in [0.15, 0.2) is 0 Å². The lowest BCUT2D eigenvalue weighted by atomic mass is 10.1. The Morgan fingerprint density at radius 3 is 2.83 bits per heavy atom. The lowest BCUT2D eigenvalue weighted by Crippen LogP contribution is -2.36. The van der Waals surface area contributed by atoms with Crippen molar-refractivity contribution in [2.45, 2.75) is 25.8 Å². The van der Waals surface area contributed by atoms with Crippen LogP contribution in [0.5, 0.6) is 0 Å². The Kier molecular flexibility index (Phi) is 4.06. The molecule has 3 heterocycles. The summed E-state index contributed by atoms with van der Waals surface area (Å²) in [6, 6.07) is 7.29. The van der Waals surface area contributed by atoms with Crippen molar-refractivity contribution in [3.8, 4) is 0 Å². The molecule has 1 aromatic carbocycles. The molecule has 6 heteroatoms. The summed E-state index contributed by atoms with van der Waals surface area (Å²) in [7, 11) is 0. The van der Waals surface area contributed by atoms with E-state index in [2.05, 4.69) is 11.4 Å². The monoisotopic (exact) mass is 360 g/mol. The second kappa shape index (κ2) is 6.22. The fraction of sp³-hybridized carbons (Fsp3) is 0.333. The molecule has 0 N–H and O–H groups in total. The van der Waals surface area contributed by atoms with Crippen LogP contribution in [-0.4, -0.2) is 29.8 Å². The van der Waals surface area contributed by atoms with E-state index in [1.807, 2.05) is 4.90 Å². The van der Waals surface area contributed by atoms with Gasteiger partial charge in [0.1, 0.15) is 0 Å². The van der Waals surface area contributed by atoms with Gasteiger partial charge in [0.2, 0.25) is 5.91 Å². The van der Waals surface area contributed by atoms with E-state index in [0.717, 1.165) is 12.8 Å². The van der Waals surface area contributed by atoms with Crippen LogP contribution in [-0.2, 0) is 17.8 Å². The van der Waals surface area contributed by atoms with E-state index in [-0.39, 0.29) is 11.8 Å². The lowest BCUT2D eigenvalue weighted by molar-refractivity contribution is -0.117. The van der Waals surface area contributed by atoms with Crippen LogP contribution in [0.4, 0.5) is 5.69 Å². The number of benzene rings is 1. The third-order valence-corrected chi connectivity index (χ3v) is 5.91. The largest absolute Gasteiger partial charge is 0.334 e. The molecule has 2 aliphatic heterocycles. The zero-order valence-electron chi connectivity index (χ0n) is 13.1. The Hall–Kier alpha value is -1.85. The second-order valence-electron chi connectivity index (χ2n) is 6.16. The summed E-state index contributed by atoms with van der Waals surface area (Å²) >= 11 is 7.88. The van der Waals surface area contributed by atoms with Gasteiger partial charge in [-0.25, -0.2) is 0 Å². The zero-order chi connectivity index (χ0) is 16.7. The molecule has 0 unspecified atom stereocenters. The smallest absolute Gasteiger partial charge is 0.256 e. The normalized spacial score (nSPS) is 17.3. The topological polar surface area (TPSA) is 40.6 Å². The highest BCUT2D eigenvalue weighted by Gasteiger charge is 2.29. The maximum atomic E-state index is 13.1. The summed E-state index contributed by atoms with van der Waals surface area (Å²) in [4.78, 5) is 30.1. The molecule has 0 spiro atoms. The highest BCUT2D eigenvalue weighted by atomic mass is 35.5. The average Bonchev–Trinajstić information content (AvgIpc) is 3.21. The van der Waals surface area contributed by atoms with Crippen LogP contribution >= 0.6 is 22.9 Å². The summed E-state index contributed by atoms with van der Waals surface area (Å²) in [6.45, 7) is 1.99. The number of carbonyl (C=O) groups excluding carboxylic acids is 2. The number of carbonyl (C=O) groups is 2. The zero-order valence-corrected chi connectivity index (χ0v) is 14.7. The van der Waals surface area contributed by atoms with Crippen LogP contribution in [0.1, 0.15) is 33.6 Å². The van der Waals surface area contributed by atoms with Crippen molar-refractivity contribution < 1.29 is 9.59 Å². The second-order valence-corrected chi connectivity index (χ2v) is 7.59. The predicted molar refractivity (Wildman–Crippen MR) is 95.8 cm³/mol. The summed E-state index contributed by atoms with van der Waals surface area (Å²) in [5, 5.41) is 2.62. The van der Waals surface area contributed by atoms with Crippen LogP contribution in [0.3, 0.4) is 0 Å². The van der Waals surface area contributed by atoms with Crippen LogP contribution in [0.25, 0.3) is 0 Å². The molecule has 1 aromatic heterocycles. The van der Waals surface area contributed by atoms with Gasteiger partial charge in [-0.05, 0) is 48.1 Å². The van der Waals surface area contributed by atoms with Crippen molar-refractivity contribution in [3.05, 3.63) is 50.7 Å². The van der Waals surface area contributed by atoms with Gasteiger partial charge in [-0.2, -0.15) is 0 Å². The van der Waals surface area contributed by atoms with Gasteiger partial charge < -0.3 is 9.80 Å². The summed E-state index contributed by atoms with van der Waals surface area (Å²) in [6.07, 6.45) is 2.24. The van der Waals surface area contributed by atoms with Crippen LogP contribution in [0.15, 0.2) is 29.6 Å². The first-order valence-electron chi connectivity index (χ1n) is 8.08. The van der Waals surface area contributed by atoms with Gasteiger partial charge in [0.05, 0.1) is 11.3 Å². The molecule has 4 nitrogen and oxygen atoms in total. The quantitative estimate of drug-likeness (QED) is 0.818. The maximum Gasteiger partial charge on any atom is 0.256 e.